The van der Waals surface area contributed by atoms with Crippen LogP contribution < -0.4 is 4.74 Å². The topological polar surface area (TPSA) is 72.6 Å². The van der Waals surface area contributed by atoms with Gasteiger partial charge in [-0.15, -0.1) is 0 Å². The lowest BCUT2D eigenvalue weighted by molar-refractivity contribution is -0.132. The number of rotatable bonds is 3. The Kier molecular flexibility index (Phi) is 3.02. The predicted octanol–water partition coefficient (Wildman–Crippen LogP) is 0.443. The Balaban J connectivity index is 2.86. The summed E-state index contributed by atoms with van der Waals surface area (Å²) < 4.78 is 9.57. The van der Waals surface area contributed by atoms with Gasteiger partial charge in [0.15, 0.2) is 0 Å². The van der Waals surface area contributed by atoms with Crippen LogP contribution in [0.1, 0.15) is 18.2 Å². The van der Waals surface area contributed by atoms with Crippen molar-refractivity contribution < 1.29 is 19.2 Å². The third-order valence-corrected chi connectivity index (χ3v) is 1.55. The zero-order valence-corrected chi connectivity index (χ0v) is 7.53. The van der Waals surface area contributed by atoms with Gasteiger partial charge in [-0.05, 0) is 12.1 Å². The first kappa shape index (κ1) is 9.73. The van der Waals surface area contributed by atoms with Crippen LogP contribution in [0.3, 0.4) is 0 Å². The average molecular weight is 185 g/mol. The van der Waals surface area contributed by atoms with E-state index in [1.165, 1.54) is 6.92 Å². The van der Waals surface area contributed by atoms with E-state index in [2.05, 4.69) is 5.16 Å². The molecule has 0 saturated carbocycles. The van der Waals surface area contributed by atoms with E-state index in [9.17, 15) is 4.79 Å². The Morgan fingerprint density at radius 2 is 2.38 bits per heavy atom. The van der Waals surface area contributed by atoms with E-state index in [-0.39, 0.29) is 12.5 Å². The minimum absolute atomic E-state index is 0.0314. The van der Waals surface area contributed by atoms with Gasteiger partial charge in [-0.25, -0.2) is 0 Å². The summed E-state index contributed by atoms with van der Waals surface area (Å²) in [6.45, 7) is 2.95. The van der Waals surface area contributed by atoms with Crippen molar-refractivity contribution in [3.63, 3.8) is 0 Å². The van der Waals surface area contributed by atoms with Gasteiger partial charge in [-0.3, -0.25) is 4.79 Å². The standard InChI is InChI=1S/C8H11NO4/c1-5-7(3-4-10)8(9-13-5)12-6(2)11/h10H,3-4H2,1-2H3. The maximum Gasteiger partial charge on any atom is 0.309 e. The highest BCUT2D eigenvalue weighted by Crippen LogP contribution is 2.21. The van der Waals surface area contributed by atoms with Crippen LogP contribution in [0.15, 0.2) is 4.52 Å². The largest absolute Gasteiger partial charge is 0.404 e. The first-order valence-corrected chi connectivity index (χ1v) is 3.89. The highest BCUT2D eigenvalue weighted by molar-refractivity contribution is 5.69. The van der Waals surface area contributed by atoms with Crippen LogP contribution in [-0.2, 0) is 11.2 Å². The smallest absolute Gasteiger partial charge is 0.309 e. The second kappa shape index (κ2) is 4.04. The second-order valence-corrected chi connectivity index (χ2v) is 2.59. The fraction of sp³-hybridized carbons (Fsp3) is 0.500. The number of nitrogens with zero attached hydrogens (tertiary/aromatic N) is 1. The maximum absolute atomic E-state index is 10.6. The molecule has 0 unspecified atom stereocenters. The number of ether oxygens (including phenoxy) is 1. The molecule has 0 aliphatic rings. The number of hydrogen-bond acceptors (Lipinski definition) is 5. The van der Waals surface area contributed by atoms with Gasteiger partial charge in [-0.2, -0.15) is 0 Å². The molecule has 0 saturated heterocycles. The molecule has 1 aromatic rings. The summed E-state index contributed by atoms with van der Waals surface area (Å²) in [4.78, 5) is 10.6. The number of hydrogen-bond donors (Lipinski definition) is 1. The van der Waals surface area contributed by atoms with Gasteiger partial charge >= 0.3 is 5.97 Å². The minimum atomic E-state index is -0.451. The van der Waals surface area contributed by atoms with Crippen molar-refractivity contribution in [1.29, 1.82) is 0 Å². The molecule has 1 N–H and O–H groups in total. The van der Waals surface area contributed by atoms with Gasteiger partial charge in [0.2, 0.25) is 0 Å². The van der Waals surface area contributed by atoms with Crippen LogP contribution in [0.4, 0.5) is 0 Å². The van der Waals surface area contributed by atoms with Crippen LogP contribution in [0.25, 0.3) is 0 Å². The first-order chi connectivity index (χ1) is 6.15. The van der Waals surface area contributed by atoms with E-state index >= 15 is 0 Å². The number of aromatic nitrogens is 1. The molecule has 13 heavy (non-hydrogen) atoms. The highest BCUT2D eigenvalue weighted by Gasteiger charge is 2.14. The molecule has 5 nitrogen and oxygen atoms in total. The number of carbonyl (C=O) groups excluding carboxylic acids is 1. The summed E-state index contributed by atoms with van der Waals surface area (Å²) in [7, 11) is 0. The lowest BCUT2D eigenvalue weighted by Gasteiger charge is -1.98. The quantitative estimate of drug-likeness (QED) is 0.692. The van der Waals surface area contributed by atoms with Gasteiger partial charge in [-0.1, -0.05) is 0 Å². The molecular weight excluding hydrogens is 174 g/mol. The fourth-order valence-corrected chi connectivity index (χ4v) is 0.982. The second-order valence-electron chi connectivity index (χ2n) is 2.59. The van der Waals surface area contributed by atoms with Gasteiger partial charge in [0.25, 0.3) is 5.88 Å². The summed E-state index contributed by atoms with van der Waals surface area (Å²) in [5.74, 6) is 0.261. The van der Waals surface area contributed by atoms with Gasteiger partial charge in [0.05, 0.1) is 5.56 Å². The third-order valence-electron chi connectivity index (χ3n) is 1.55. The number of carbonyl (C=O) groups is 1. The lowest BCUT2D eigenvalue weighted by Crippen LogP contribution is -2.04. The van der Waals surface area contributed by atoms with E-state index in [0.29, 0.717) is 17.7 Å². The number of esters is 1. The molecule has 0 atom stereocenters. The average Bonchev–Trinajstić information content (AvgIpc) is 2.35. The molecule has 0 aromatic carbocycles. The number of aliphatic hydroxyl groups is 1. The lowest BCUT2D eigenvalue weighted by atomic mass is 10.2. The summed E-state index contributed by atoms with van der Waals surface area (Å²) in [5, 5.41) is 12.3. The van der Waals surface area contributed by atoms with Gasteiger partial charge in [0.1, 0.15) is 5.76 Å². The molecule has 1 aromatic heterocycles. The van der Waals surface area contributed by atoms with Crippen LogP contribution in [0.2, 0.25) is 0 Å². The van der Waals surface area contributed by atoms with Crippen molar-refractivity contribution in [1.82, 2.24) is 5.16 Å². The maximum atomic E-state index is 10.6. The molecule has 5 heteroatoms. The SMILES string of the molecule is CC(=O)Oc1noc(C)c1CCO. The van der Waals surface area contributed by atoms with Crippen molar-refractivity contribution in [2.24, 2.45) is 0 Å². The van der Waals surface area contributed by atoms with Crippen molar-refractivity contribution in [2.45, 2.75) is 20.3 Å². The predicted molar refractivity (Wildman–Crippen MR) is 43.3 cm³/mol. The highest BCUT2D eigenvalue weighted by atomic mass is 16.6. The van der Waals surface area contributed by atoms with Crippen LogP contribution in [-0.4, -0.2) is 22.8 Å². The van der Waals surface area contributed by atoms with Crippen molar-refractivity contribution >= 4 is 5.97 Å². The van der Waals surface area contributed by atoms with Crippen molar-refractivity contribution in [3.8, 4) is 5.88 Å². The van der Waals surface area contributed by atoms with E-state index in [1.807, 2.05) is 0 Å². The van der Waals surface area contributed by atoms with E-state index in [1.54, 1.807) is 6.92 Å². The summed E-state index contributed by atoms with van der Waals surface area (Å²) in [6, 6.07) is 0. The zero-order valence-electron chi connectivity index (χ0n) is 7.53. The van der Waals surface area contributed by atoms with Crippen LogP contribution >= 0.6 is 0 Å². The van der Waals surface area contributed by atoms with Crippen LogP contribution in [0, 0.1) is 6.92 Å². The Morgan fingerprint density at radius 1 is 1.69 bits per heavy atom. The molecule has 0 spiro atoms. The van der Waals surface area contributed by atoms with Crippen molar-refractivity contribution in [2.75, 3.05) is 6.61 Å². The molecule has 0 radical (unpaired) electrons. The molecule has 1 heterocycles. The summed E-state index contributed by atoms with van der Waals surface area (Å²) >= 11 is 0. The van der Waals surface area contributed by atoms with Gasteiger partial charge < -0.3 is 14.4 Å². The number of aryl methyl sites for hydroxylation is 1. The normalized spacial score (nSPS) is 10.1. The van der Waals surface area contributed by atoms with Crippen molar-refractivity contribution in [3.05, 3.63) is 11.3 Å². The molecule has 0 fully saturated rings. The Labute approximate surface area is 75.3 Å². The number of aliphatic hydroxyl groups excluding tert-OH is 1. The Bertz CT molecular complexity index is 305. The monoisotopic (exact) mass is 185 g/mol. The zero-order chi connectivity index (χ0) is 9.84. The molecule has 1 rings (SSSR count). The molecule has 0 bridgehead atoms. The first-order valence-electron chi connectivity index (χ1n) is 3.89. The van der Waals surface area contributed by atoms with E-state index < -0.39 is 5.97 Å². The van der Waals surface area contributed by atoms with Gasteiger partial charge in [0, 0.05) is 20.0 Å². The van der Waals surface area contributed by atoms with Crippen LogP contribution in [0.5, 0.6) is 5.88 Å². The molecule has 0 amide bonds. The van der Waals surface area contributed by atoms with E-state index in [0.717, 1.165) is 0 Å². The molecule has 0 aliphatic heterocycles. The minimum Gasteiger partial charge on any atom is -0.404 e. The van der Waals surface area contributed by atoms with E-state index in [4.69, 9.17) is 14.4 Å². The molecule has 72 valence electrons. The third kappa shape index (κ3) is 2.29. The Morgan fingerprint density at radius 3 is 2.92 bits per heavy atom. The molecule has 0 aliphatic carbocycles. The Hall–Kier alpha value is -1.36. The summed E-state index contributed by atoms with van der Waals surface area (Å²) in [6.07, 6.45) is 0.373. The summed E-state index contributed by atoms with van der Waals surface area (Å²) in [5.41, 5.74) is 0.637. The fourth-order valence-electron chi connectivity index (χ4n) is 0.982. The molecular formula is C8H11NO4.